The maximum absolute atomic E-state index is 5.76. The molecule has 0 aromatic heterocycles. The lowest BCUT2D eigenvalue weighted by molar-refractivity contribution is 0.272. The Morgan fingerprint density at radius 1 is 1.47 bits per heavy atom. The summed E-state index contributed by atoms with van der Waals surface area (Å²) in [6.45, 7) is 4.76. The molecule has 0 amide bonds. The Kier molecular flexibility index (Phi) is 3.27. The highest BCUT2D eigenvalue weighted by molar-refractivity contribution is 5.40. The van der Waals surface area contributed by atoms with Crippen molar-refractivity contribution in [1.82, 2.24) is 4.90 Å². The quantitative estimate of drug-likeness (QED) is 0.765. The number of hydrogen-bond acceptors (Lipinski definition) is 2. The maximum Gasteiger partial charge on any atom is 0.0316 e. The summed E-state index contributed by atoms with van der Waals surface area (Å²) in [5, 5.41) is 0. The predicted octanol–water partition coefficient (Wildman–Crippen LogP) is 2.30. The van der Waals surface area contributed by atoms with Crippen LogP contribution in [0.25, 0.3) is 0 Å². The Hall–Kier alpha value is -1.02. The van der Waals surface area contributed by atoms with E-state index in [1.807, 2.05) is 12.1 Å². The average molecular weight is 204 g/mol. The Morgan fingerprint density at radius 3 is 3.00 bits per heavy atom. The lowest BCUT2D eigenvalue weighted by atomic mass is 10.1. The molecule has 1 fully saturated rings. The zero-order valence-corrected chi connectivity index (χ0v) is 9.45. The van der Waals surface area contributed by atoms with E-state index in [1.165, 1.54) is 31.5 Å². The number of nitrogens with two attached hydrogens (primary N) is 1. The van der Waals surface area contributed by atoms with Crippen LogP contribution in [0.2, 0.25) is 0 Å². The monoisotopic (exact) mass is 204 g/mol. The highest BCUT2D eigenvalue weighted by Crippen LogP contribution is 2.17. The molecule has 15 heavy (non-hydrogen) atoms. The zero-order valence-electron chi connectivity index (χ0n) is 9.45. The molecule has 0 saturated carbocycles. The summed E-state index contributed by atoms with van der Waals surface area (Å²) in [5.74, 6) is 0. The fourth-order valence-electron chi connectivity index (χ4n) is 2.35. The van der Waals surface area contributed by atoms with E-state index >= 15 is 0 Å². The maximum atomic E-state index is 5.76. The molecule has 1 aromatic rings. The second-order valence-corrected chi connectivity index (χ2v) is 4.52. The molecule has 1 aromatic carbocycles. The minimum absolute atomic E-state index is 0.769. The van der Waals surface area contributed by atoms with E-state index in [0.717, 1.165) is 18.2 Å². The molecule has 1 saturated heterocycles. The second-order valence-electron chi connectivity index (χ2n) is 4.52. The Balaban J connectivity index is 1.87. The van der Waals surface area contributed by atoms with Gasteiger partial charge in [0, 0.05) is 18.3 Å². The molecule has 2 N–H and O–H groups in total. The number of likely N-dealkylation sites (tertiary alicyclic amines) is 1. The van der Waals surface area contributed by atoms with Crippen molar-refractivity contribution in [1.29, 1.82) is 0 Å². The van der Waals surface area contributed by atoms with Crippen LogP contribution in [0.5, 0.6) is 0 Å². The van der Waals surface area contributed by atoms with Crippen LogP contribution in [0.15, 0.2) is 24.3 Å². The first-order valence-electron chi connectivity index (χ1n) is 5.84. The van der Waals surface area contributed by atoms with Gasteiger partial charge >= 0.3 is 0 Å². The number of nitrogens with zero attached hydrogens (tertiary/aromatic N) is 1. The van der Waals surface area contributed by atoms with Gasteiger partial charge in [0.25, 0.3) is 0 Å². The number of hydrogen-bond donors (Lipinski definition) is 1. The standard InChI is InChI=1S/C13H20N2/c1-11-4-3-8-15(11)9-7-12-5-2-6-13(14)10-12/h2,5-6,10-11H,3-4,7-9,14H2,1H3. The van der Waals surface area contributed by atoms with Crippen molar-refractivity contribution < 1.29 is 0 Å². The number of nitrogen functional groups attached to an aromatic ring is 1. The van der Waals surface area contributed by atoms with E-state index in [1.54, 1.807) is 0 Å². The van der Waals surface area contributed by atoms with Gasteiger partial charge in [-0.2, -0.15) is 0 Å². The van der Waals surface area contributed by atoms with E-state index < -0.39 is 0 Å². The smallest absolute Gasteiger partial charge is 0.0316 e. The Bertz CT molecular complexity index is 322. The Labute approximate surface area is 92.1 Å². The molecular weight excluding hydrogens is 184 g/mol. The van der Waals surface area contributed by atoms with Crippen molar-refractivity contribution in [3.8, 4) is 0 Å². The highest BCUT2D eigenvalue weighted by atomic mass is 15.2. The number of benzene rings is 1. The lowest BCUT2D eigenvalue weighted by Crippen LogP contribution is -2.28. The van der Waals surface area contributed by atoms with Crippen molar-refractivity contribution in [3.63, 3.8) is 0 Å². The molecule has 2 heteroatoms. The lowest BCUT2D eigenvalue weighted by Gasteiger charge is -2.20. The normalized spacial score (nSPS) is 22.1. The predicted molar refractivity (Wildman–Crippen MR) is 64.8 cm³/mol. The summed E-state index contributed by atoms with van der Waals surface area (Å²) in [7, 11) is 0. The van der Waals surface area contributed by atoms with Gasteiger partial charge in [0.2, 0.25) is 0 Å². The molecule has 2 rings (SSSR count). The van der Waals surface area contributed by atoms with Crippen molar-refractivity contribution >= 4 is 5.69 Å². The molecular formula is C13H20N2. The van der Waals surface area contributed by atoms with Crippen LogP contribution in [0.4, 0.5) is 5.69 Å². The summed E-state index contributed by atoms with van der Waals surface area (Å²) in [4.78, 5) is 2.57. The van der Waals surface area contributed by atoms with Crippen LogP contribution in [0, 0.1) is 0 Å². The third-order valence-electron chi connectivity index (χ3n) is 3.33. The van der Waals surface area contributed by atoms with Crippen LogP contribution in [-0.4, -0.2) is 24.0 Å². The molecule has 1 aliphatic heterocycles. The van der Waals surface area contributed by atoms with Crippen molar-refractivity contribution in [2.24, 2.45) is 0 Å². The minimum Gasteiger partial charge on any atom is -0.399 e. The van der Waals surface area contributed by atoms with Crippen LogP contribution in [0.1, 0.15) is 25.3 Å². The van der Waals surface area contributed by atoms with Crippen molar-refractivity contribution in [3.05, 3.63) is 29.8 Å². The fraction of sp³-hybridized carbons (Fsp3) is 0.538. The van der Waals surface area contributed by atoms with Gasteiger partial charge < -0.3 is 10.6 Å². The number of rotatable bonds is 3. The second kappa shape index (κ2) is 4.67. The van der Waals surface area contributed by atoms with Gasteiger partial charge in [-0.05, 0) is 50.4 Å². The van der Waals surface area contributed by atoms with Crippen LogP contribution >= 0.6 is 0 Å². The molecule has 1 unspecified atom stereocenters. The molecule has 82 valence electrons. The first-order chi connectivity index (χ1) is 7.25. The third kappa shape index (κ3) is 2.72. The molecule has 1 aliphatic rings. The number of anilines is 1. The van der Waals surface area contributed by atoms with Crippen LogP contribution in [-0.2, 0) is 6.42 Å². The molecule has 0 spiro atoms. The largest absolute Gasteiger partial charge is 0.399 e. The average Bonchev–Trinajstić information content (AvgIpc) is 2.61. The van der Waals surface area contributed by atoms with Gasteiger partial charge in [-0.1, -0.05) is 12.1 Å². The van der Waals surface area contributed by atoms with E-state index in [4.69, 9.17) is 5.73 Å². The Morgan fingerprint density at radius 2 is 2.33 bits per heavy atom. The molecule has 0 bridgehead atoms. The van der Waals surface area contributed by atoms with E-state index in [9.17, 15) is 0 Å². The first-order valence-corrected chi connectivity index (χ1v) is 5.84. The third-order valence-corrected chi connectivity index (χ3v) is 3.33. The molecule has 0 aliphatic carbocycles. The van der Waals surface area contributed by atoms with Crippen LogP contribution in [0.3, 0.4) is 0 Å². The summed E-state index contributed by atoms with van der Waals surface area (Å²) in [6, 6.07) is 9.00. The van der Waals surface area contributed by atoms with E-state index in [2.05, 4.69) is 24.0 Å². The van der Waals surface area contributed by atoms with Gasteiger partial charge in [-0.25, -0.2) is 0 Å². The van der Waals surface area contributed by atoms with Crippen molar-refractivity contribution in [2.75, 3.05) is 18.8 Å². The summed E-state index contributed by atoms with van der Waals surface area (Å²) in [5.41, 5.74) is 7.99. The zero-order chi connectivity index (χ0) is 10.7. The first kappa shape index (κ1) is 10.5. The van der Waals surface area contributed by atoms with Gasteiger partial charge in [0.05, 0.1) is 0 Å². The van der Waals surface area contributed by atoms with Gasteiger partial charge in [-0.15, -0.1) is 0 Å². The SMILES string of the molecule is CC1CCCN1CCc1cccc(N)c1. The highest BCUT2D eigenvalue weighted by Gasteiger charge is 2.19. The molecule has 0 radical (unpaired) electrons. The van der Waals surface area contributed by atoms with E-state index in [0.29, 0.717) is 0 Å². The summed E-state index contributed by atoms with van der Waals surface area (Å²) < 4.78 is 0. The van der Waals surface area contributed by atoms with Gasteiger partial charge in [0.15, 0.2) is 0 Å². The topological polar surface area (TPSA) is 29.3 Å². The summed E-state index contributed by atoms with van der Waals surface area (Å²) in [6.07, 6.45) is 3.84. The summed E-state index contributed by atoms with van der Waals surface area (Å²) >= 11 is 0. The van der Waals surface area contributed by atoms with Crippen molar-refractivity contribution in [2.45, 2.75) is 32.2 Å². The van der Waals surface area contributed by atoms with Gasteiger partial charge in [0.1, 0.15) is 0 Å². The molecule has 1 atom stereocenters. The van der Waals surface area contributed by atoms with Gasteiger partial charge in [-0.3, -0.25) is 0 Å². The minimum atomic E-state index is 0.769. The fourth-order valence-corrected chi connectivity index (χ4v) is 2.35. The molecule has 1 heterocycles. The van der Waals surface area contributed by atoms with Crippen LogP contribution < -0.4 is 5.73 Å². The van der Waals surface area contributed by atoms with E-state index in [-0.39, 0.29) is 0 Å². The molecule has 2 nitrogen and oxygen atoms in total.